The van der Waals surface area contributed by atoms with Crippen LogP contribution in [0.15, 0.2) is 23.9 Å². The lowest BCUT2D eigenvalue weighted by Crippen LogP contribution is -1.95. The van der Waals surface area contributed by atoms with Crippen LogP contribution in [-0.2, 0) is 11.2 Å². The van der Waals surface area contributed by atoms with Crippen LogP contribution >= 0.6 is 11.3 Å². The van der Waals surface area contributed by atoms with Gasteiger partial charge in [-0.3, -0.25) is 9.78 Å². The molecule has 0 N–H and O–H groups in total. The first-order valence-corrected chi connectivity index (χ1v) is 4.24. The molecule has 0 aliphatic carbocycles. The van der Waals surface area contributed by atoms with Crippen LogP contribution in [0.1, 0.15) is 11.8 Å². The van der Waals surface area contributed by atoms with Gasteiger partial charge >= 0.3 is 0 Å². The molecule has 0 saturated carbocycles. The van der Waals surface area contributed by atoms with Gasteiger partial charge in [0.05, 0.1) is 5.51 Å². The van der Waals surface area contributed by atoms with Crippen LogP contribution in [-0.4, -0.2) is 10.8 Å². The molecule has 1 rings (SSSR count). The van der Waals surface area contributed by atoms with Crippen molar-refractivity contribution in [3.05, 3.63) is 28.7 Å². The zero-order valence-electron chi connectivity index (χ0n) is 6.28. The lowest BCUT2D eigenvalue weighted by atomic mass is 10.2. The number of carbonyl (C=O) groups excluding carboxylic acids is 1. The minimum absolute atomic E-state index is 0.136. The summed E-state index contributed by atoms with van der Waals surface area (Å²) >= 11 is 1.51. The van der Waals surface area contributed by atoms with Gasteiger partial charge in [-0.05, 0) is 13.0 Å². The second-order valence-electron chi connectivity index (χ2n) is 2.11. The Morgan fingerprint density at radius 2 is 2.64 bits per heavy atom. The highest BCUT2D eigenvalue weighted by Gasteiger charge is 1.99. The molecule has 11 heavy (non-hydrogen) atoms. The number of ketones is 1. The van der Waals surface area contributed by atoms with Gasteiger partial charge in [-0.25, -0.2) is 0 Å². The molecular formula is C8H9NOS. The molecule has 1 aromatic heterocycles. The molecule has 0 aliphatic heterocycles. The monoisotopic (exact) mass is 167 g/mol. The molecule has 1 heterocycles. The van der Waals surface area contributed by atoms with E-state index in [0.29, 0.717) is 6.42 Å². The first kappa shape index (κ1) is 8.14. The Morgan fingerprint density at radius 1 is 1.82 bits per heavy atom. The predicted molar refractivity (Wildman–Crippen MR) is 45.6 cm³/mol. The number of carbonyl (C=O) groups is 1. The molecule has 0 bridgehead atoms. The molecule has 0 amide bonds. The predicted octanol–water partition coefficient (Wildman–Crippen LogP) is 1.83. The molecular weight excluding hydrogens is 158 g/mol. The molecule has 0 aromatic carbocycles. The van der Waals surface area contributed by atoms with Crippen LogP contribution in [0.2, 0.25) is 0 Å². The van der Waals surface area contributed by atoms with Crippen LogP contribution in [0, 0.1) is 0 Å². The van der Waals surface area contributed by atoms with Crippen molar-refractivity contribution in [3.8, 4) is 0 Å². The molecule has 0 aliphatic rings. The van der Waals surface area contributed by atoms with Gasteiger partial charge in [0.25, 0.3) is 0 Å². The van der Waals surface area contributed by atoms with Crippen LogP contribution in [0.25, 0.3) is 0 Å². The third-order valence-corrected chi connectivity index (χ3v) is 1.96. The zero-order valence-corrected chi connectivity index (χ0v) is 7.10. The zero-order chi connectivity index (χ0) is 8.10. The second-order valence-corrected chi connectivity index (χ2v) is 3.08. The maximum atomic E-state index is 11.0. The first-order chi connectivity index (χ1) is 5.33. The van der Waals surface area contributed by atoms with Gasteiger partial charge in [-0.2, -0.15) is 0 Å². The Morgan fingerprint density at radius 3 is 3.18 bits per heavy atom. The lowest BCUT2D eigenvalue weighted by molar-refractivity contribution is -0.113. The van der Waals surface area contributed by atoms with Crippen molar-refractivity contribution in [1.29, 1.82) is 0 Å². The van der Waals surface area contributed by atoms with Crippen molar-refractivity contribution in [2.45, 2.75) is 13.3 Å². The molecule has 2 nitrogen and oxygen atoms in total. The number of hydrogen-bond acceptors (Lipinski definition) is 3. The molecule has 58 valence electrons. The molecule has 0 spiro atoms. The van der Waals surface area contributed by atoms with Gasteiger partial charge in [0.2, 0.25) is 0 Å². The van der Waals surface area contributed by atoms with Crippen LogP contribution < -0.4 is 0 Å². The smallest absolute Gasteiger partial charge is 0.160 e. The largest absolute Gasteiger partial charge is 0.294 e. The van der Waals surface area contributed by atoms with E-state index in [1.54, 1.807) is 23.9 Å². The molecule has 0 unspecified atom stereocenters. The lowest BCUT2D eigenvalue weighted by Gasteiger charge is -1.87. The highest BCUT2D eigenvalue weighted by Crippen LogP contribution is 2.06. The Kier molecular flexibility index (Phi) is 2.98. The minimum atomic E-state index is 0.136. The first-order valence-electron chi connectivity index (χ1n) is 3.36. The number of rotatable bonds is 3. The summed E-state index contributed by atoms with van der Waals surface area (Å²) in [4.78, 5) is 15.9. The van der Waals surface area contributed by atoms with E-state index >= 15 is 0 Å². The fourth-order valence-electron chi connectivity index (χ4n) is 0.746. The summed E-state index contributed by atoms with van der Waals surface area (Å²) in [5.74, 6) is 0.136. The highest BCUT2D eigenvalue weighted by molar-refractivity contribution is 7.09. The number of hydrogen-bond donors (Lipinski definition) is 0. The summed E-state index contributed by atoms with van der Waals surface area (Å²) in [6.07, 6.45) is 5.55. The average molecular weight is 167 g/mol. The van der Waals surface area contributed by atoms with Crippen LogP contribution in [0.4, 0.5) is 0 Å². The topological polar surface area (TPSA) is 30.0 Å². The number of allylic oxidation sites excluding steroid dienone is 2. The van der Waals surface area contributed by atoms with E-state index in [4.69, 9.17) is 0 Å². The normalized spacial score (nSPS) is 10.6. The summed E-state index contributed by atoms with van der Waals surface area (Å²) in [7, 11) is 0. The third kappa shape index (κ3) is 2.63. The van der Waals surface area contributed by atoms with Gasteiger partial charge in [0, 0.05) is 17.5 Å². The van der Waals surface area contributed by atoms with Crippen molar-refractivity contribution < 1.29 is 4.79 Å². The average Bonchev–Trinajstić information content (AvgIpc) is 2.40. The number of thiazole rings is 1. The van der Waals surface area contributed by atoms with Gasteiger partial charge < -0.3 is 0 Å². The van der Waals surface area contributed by atoms with Crippen molar-refractivity contribution >= 4 is 17.1 Å². The Balaban J connectivity index is 2.50. The van der Waals surface area contributed by atoms with E-state index in [1.165, 1.54) is 11.3 Å². The molecule has 1 aromatic rings. The number of aromatic nitrogens is 1. The summed E-state index contributed by atoms with van der Waals surface area (Å²) in [6.45, 7) is 1.84. The SMILES string of the molecule is C/C=C/C(=O)Cc1cncs1. The van der Waals surface area contributed by atoms with Gasteiger partial charge in [0.1, 0.15) is 0 Å². The summed E-state index contributed by atoms with van der Waals surface area (Å²) in [6, 6.07) is 0. The van der Waals surface area contributed by atoms with Crippen molar-refractivity contribution in [3.63, 3.8) is 0 Å². The van der Waals surface area contributed by atoms with E-state index in [2.05, 4.69) is 4.98 Å². The highest BCUT2D eigenvalue weighted by atomic mass is 32.1. The van der Waals surface area contributed by atoms with Crippen molar-refractivity contribution in [2.75, 3.05) is 0 Å². The Hall–Kier alpha value is -0.960. The molecule has 0 saturated heterocycles. The van der Waals surface area contributed by atoms with Crippen LogP contribution in [0.5, 0.6) is 0 Å². The summed E-state index contributed by atoms with van der Waals surface area (Å²) in [5, 5.41) is 0. The number of nitrogens with zero attached hydrogens (tertiary/aromatic N) is 1. The molecule has 0 atom stereocenters. The quantitative estimate of drug-likeness (QED) is 0.643. The minimum Gasteiger partial charge on any atom is -0.294 e. The van der Waals surface area contributed by atoms with E-state index in [-0.39, 0.29) is 5.78 Å². The van der Waals surface area contributed by atoms with Gasteiger partial charge in [-0.1, -0.05) is 6.08 Å². The molecule has 0 fully saturated rings. The van der Waals surface area contributed by atoms with Crippen LogP contribution in [0.3, 0.4) is 0 Å². The third-order valence-electron chi connectivity index (χ3n) is 1.18. The molecule has 3 heteroatoms. The Bertz CT molecular complexity index is 251. The van der Waals surface area contributed by atoms with E-state index in [9.17, 15) is 4.79 Å². The van der Waals surface area contributed by atoms with E-state index < -0.39 is 0 Å². The van der Waals surface area contributed by atoms with E-state index in [0.717, 1.165) is 4.88 Å². The fourth-order valence-corrected chi connectivity index (χ4v) is 1.35. The van der Waals surface area contributed by atoms with E-state index in [1.807, 2.05) is 6.92 Å². The van der Waals surface area contributed by atoms with Gasteiger partial charge in [-0.15, -0.1) is 11.3 Å². The molecule has 0 radical (unpaired) electrons. The van der Waals surface area contributed by atoms with Crippen molar-refractivity contribution in [2.24, 2.45) is 0 Å². The maximum absolute atomic E-state index is 11.0. The van der Waals surface area contributed by atoms with Gasteiger partial charge in [0.15, 0.2) is 5.78 Å². The Labute approximate surface area is 69.6 Å². The van der Waals surface area contributed by atoms with Crippen molar-refractivity contribution in [1.82, 2.24) is 4.98 Å². The second kappa shape index (κ2) is 4.03. The summed E-state index contributed by atoms with van der Waals surface area (Å²) < 4.78 is 0. The fraction of sp³-hybridized carbons (Fsp3) is 0.250. The standard InChI is InChI=1S/C8H9NOS/c1-2-3-7(10)4-8-5-9-6-11-8/h2-3,5-6H,4H2,1H3/b3-2+. The summed E-state index contributed by atoms with van der Waals surface area (Å²) in [5.41, 5.74) is 1.73. The maximum Gasteiger partial charge on any atom is 0.160 e.